The second-order valence-electron chi connectivity index (χ2n) is 19.2. The maximum Gasteiger partial charge on any atom is 0.306 e. The van der Waals surface area contributed by atoms with E-state index in [0.29, 0.717) is 19.3 Å². The molecule has 0 N–H and O–H groups in total. The fraction of sp³-hybridized carbons (Fsp3) is 0.730. The zero-order valence-corrected chi connectivity index (χ0v) is 45.3. The molecule has 0 aromatic rings. The number of carbonyl (C=O) groups excluding carboxylic acids is 3. The number of hydrogen-bond acceptors (Lipinski definition) is 6. The van der Waals surface area contributed by atoms with Crippen LogP contribution < -0.4 is 0 Å². The van der Waals surface area contributed by atoms with Gasteiger partial charge in [-0.05, 0) is 89.9 Å². The van der Waals surface area contributed by atoms with E-state index in [2.05, 4.69) is 106 Å². The number of unbranched alkanes of at least 4 members (excludes halogenated alkanes) is 27. The number of rotatable bonds is 52. The molecule has 0 heterocycles. The van der Waals surface area contributed by atoms with Gasteiger partial charge < -0.3 is 14.2 Å². The molecule has 0 spiro atoms. The Labute approximate surface area is 426 Å². The molecule has 0 saturated heterocycles. The Balaban J connectivity index is 4.28. The minimum Gasteiger partial charge on any atom is -0.462 e. The Morgan fingerprint density at radius 3 is 0.928 bits per heavy atom. The standard InChI is InChI=1S/C63H108O6/c1-4-7-10-13-16-19-21-23-25-27-28-29-30-31-32-33-34-36-37-39-41-44-47-50-53-56-62(65)68-59-60(58-67-61(64)55-52-49-46-43-18-15-12-9-6-3)69-63(66)57-54-51-48-45-42-40-38-35-26-24-22-20-17-14-11-8-5-2/h8,11,17,20-21,23-24,26-28,38,40,45,48,60H,4-7,9-10,12-16,18-19,22,25,29-37,39,41-44,46-47,49-59H2,1-3H3/b11-8-,20-17-,23-21-,26-24-,28-27-,40-38-,48-45-. The van der Waals surface area contributed by atoms with Crippen molar-refractivity contribution in [3.8, 4) is 0 Å². The molecule has 1 atom stereocenters. The Bertz CT molecular complexity index is 1330. The third-order valence-corrected chi connectivity index (χ3v) is 12.4. The predicted octanol–water partition coefficient (Wildman–Crippen LogP) is 19.5. The molecule has 6 nitrogen and oxygen atoms in total. The first-order valence-corrected chi connectivity index (χ1v) is 29.1. The van der Waals surface area contributed by atoms with Crippen molar-refractivity contribution >= 4 is 17.9 Å². The van der Waals surface area contributed by atoms with Gasteiger partial charge in [0.05, 0.1) is 0 Å². The molecule has 0 aliphatic carbocycles. The molecule has 0 aromatic carbocycles. The second-order valence-corrected chi connectivity index (χ2v) is 19.2. The van der Waals surface area contributed by atoms with Gasteiger partial charge >= 0.3 is 17.9 Å². The average Bonchev–Trinajstić information content (AvgIpc) is 3.35. The van der Waals surface area contributed by atoms with Crippen LogP contribution in [-0.2, 0) is 28.6 Å². The van der Waals surface area contributed by atoms with Crippen molar-refractivity contribution in [3.63, 3.8) is 0 Å². The lowest BCUT2D eigenvalue weighted by atomic mass is 10.0. The summed E-state index contributed by atoms with van der Waals surface area (Å²) in [4.78, 5) is 38.0. The van der Waals surface area contributed by atoms with Crippen molar-refractivity contribution in [1.82, 2.24) is 0 Å². The van der Waals surface area contributed by atoms with Gasteiger partial charge in [-0.2, -0.15) is 0 Å². The molecule has 0 aromatic heterocycles. The summed E-state index contributed by atoms with van der Waals surface area (Å²) in [5.74, 6) is -0.955. The highest BCUT2D eigenvalue weighted by Crippen LogP contribution is 2.15. The van der Waals surface area contributed by atoms with Crippen LogP contribution in [0.5, 0.6) is 0 Å². The van der Waals surface area contributed by atoms with Crippen LogP contribution in [0.1, 0.15) is 278 Å². The molecule has 6 heteroatoms. The molecular weight excluding hydrogens is 853 g/mol. The van der Waals surface area contributed by atoms with Gasteiger partial charge in [0.1, 0.15) is 13.2 Å². The van der Waals surface area contributed by atoms with Crippen molar-refractivity contribution in [3.05, 3.63) is 85.1 Å². The highest BCUT2D eigenvalue weighted by atomic mass is 16.6. The zero-order chi connectivity index (χ0) is 50.0. The van der Waals surface area contributed by atoms with E-state index in [1.54, 1.807) is 0 Å². The van der Waals surface area contributed by atoms with E-state index >= 15 is 0 Å². The molecule has 0 amide bonds. The summed E-state index contributed by atoms with van der Waals surface area (Å²) in [7, 11) is 0. The lowest BCUT2D eigenvalue weighted by Crippen LogP contribution is -2.30. The van der Waals surface area contributed by atoms with E-state index in [9.17, 15) is 14.4 Å². The van der Waals surface area contributed by atoms with Gasteiger partial charge in [-0.3, -0.25) is 14.4 Å². The van der Waals surface area contributed by atoms with E-state index in [0.717, 1.165) is 83.5 Å². The molecule has 69 heavy (non-hydrogen) atoms. The molecule has 0 aliphatic rings. The number of ether oxygens (including phenoxy) is 3. The second kappa shape index (κ2) is 57.2. The summed E-state index contributed by atoms with van der Waals surface area (Å²) in [6.45, 7) is 6.46. The Hall–Kier alpha value is -3.41. The normalized spacial score (nSPS) is 12.7. The fourth-order valence-corrected chi connectivity index (χ4v) is 8.04. The number of esters is 3. The number of carbonyl (C=O) groups is 3. The molecule has 0 bridgehead atoms. The quantitative estimate of drug-likeness (QED) is 0.0262. The maximum atomic E-state index is 12.8. The van der Waals surface area contributed by atoms with Crippen molar-refractivity contribution in [1.29, 1.82) is 0 Å². The van der Waals surface area contributed by atoms with Crippen LogP contribution in [0, 0.1) is 0 Å². The van der Waals surface area contributed by atoms with E-state index in [-0.39, 0.29) is 37.5 Å². The first-order chi connectivity index (χ1) is 34.0. The zero-order valence-electron chi connectivity index (χ0n) is 45.3. The van der Waals surface area contributed by atoms with Crippen LogP contribution in [0.3, 0.4) is 0 Å². The highest BCUT2D eigenvalue weighted by molar-refractivity contribution is 5.71. The molecule has 396 valence electrons. The molecule has 1 unspecified atom stereocenters. The lowest BCUT2D eigenvalue weighted by molar-refractivity contribution is -0.167. The molecular formula is C63H108O6. The van der Waals surface area contributed by atoms with Crippen LogP contribution in [-0.4, -0.2) is 37.2 Å². The van der Waals surface area contributed by atoms with Gasteiger partial charge in [-0.1, -0.05) is 254 Å². The Kier molecular flexibility index (Phi) is 54.3. The monoisotopic (exact) mass is 961 g/mol. The average molecular weight is 962 g/mol. The summed E-state index contributed by atoms with van der Waals surface area (Å²) in [6.07, 6.45) is 74.5. The summed E-state index contributed by atoms with van der Waals surface area (Å²) in [6, 6.07) is 0. The summed E-state index contributed by atoms with van der Waals surface area (Å²) in [5, 5.41) is 0. The Morgan fingerprint density at radius 1 is 0.304 bits per heavy atom. The van der Waals surface area contributed by atoms with Gasteiger partial charge in [-0.15, -0.1) is 0 Å². The van der Waals surface area contributed by atoms with Gasteiger partial charge in [0.25, 0.3) is 0 Å². The van der Waals surface area contributed by atoms with Crippen LogP contribution >= 0.6 is 0 Å². The number of allylic oxidation sites excluding steroid dienone is 14. The van der Waals surface area contributed by atoms with Gasteiger partial charge in [-0.25, -0.2) is 0 Å². The van der Waals surface area contributed by atoms with Crippen molar-refractivity contribution in [2.45, 2.75) is 284 Å². The van der Waals surface area contributed by atoms with Gasteiger partial charge in [0.2, 0.25) is 0 Å². The topological polar surface area (TPSA) is 78.9 Å². The summed E-state index contributed by atoms with van der Waals surface area (Å²) >= 11 is 0. The summed E-state index contributed by atoms with van der Waals surface area (Å²) < 4.78 is 16.8. The Morgan fingerprint density at radius 2 is 0.580 bits per heavy atom. The van der Waals surface area contributed by atoms with E-state index < -0.39 is 6.10 Å². The molecule has 0 saturated carbocycles. The lowest BCUT2D eigenvalue weighted by Gasteiger charge is -2.18. The minimum atomic E-state index is -0.804. The molecule has 0 aliphatic heterocycles. The smallest absolute Gasteiger partial charge is 0.306 e. The van der Waals surface area contributed by atoms with Crippen molar-refractivity contribution in [2.75, 3.05) is 13.2 Å². The molecule has 0 fully saturated rings. The van der Waals surface area contributed by atoms with Gasteiger partial charge in [0, 0.05) is 19.3 Å². The SMILES string of the molecule is CC/C=C\C/C=C\C/C=C\C/C=C\C/C=C\CCCC(=O)OC(COC(=O)CCCCCCCCCCC)COC(=O)CCCCCCCCCCCCCCC/C=C\C/C=C\CCCCCCC. The minimum absolute atomic E-state index is 0.0975. The van der Waals surface area contributed by atoms with Crippen LogP contribution in [0.15, 0.2) is 85.1 Å². The third-order valence-electron chi connectivity index (χ3n) is 12.4. The predicted molar refractivity (Wildman–Crippen MR) is 297 cm³/mol. The van der Waals surface area contributed by atoms with Crippen LogP contribution in [0.25, 0.3) is 0 Å². The fourth-order valence-electron chi connectivity index (χ4n) is 8.04. The van der Waals surface area contributed by atoms with Crippen LogP contribution in [0.4, 0.5) is 0 Å². The number of hydrogen-bond donors (Lipinski definition) is 0. The van der Waals surface area contributed by atoms with Crippen LogP contribution in [0.2, 0.25) is 0 Å². The van der Waals surface area contributed by atoms with Crippen molar-refractivity contribution in [2.24, 2.45) is 0 Å². The molecule has 0 rings (SSSR count). The maximum absolute atomic E-state index is 12.8. The van der Waals surface area contributed by atoms with Gasteiger partial charge in [0.15, 0.2) is 6.10 Å². The van der Waals surface area contributed by atoms with Crippen molar-refractivity contribution < 1.29 is 28.6 Å². The summed E-state index contributed by atoms with van der Waals surface area (Å²) in [5.41, 5.74) is 0. The largest absolute Gasteiger partial charge is 0.462 e. The first-order valence-electron chi connectivity index (χ1n) is 29.1. The molecule has 0 radical (unpaired) electrons. The van der Waals surface area contributed by atoms with E-state index in [1.165, 1.54) is 148 Å². The highest BCUT2D eigenvalue weighted by Gasteiger charge is 2.19. The third kappa shape index (κ3) is 55.4. The first kappa shape index (κ1) is 65.6. The van der Waals surface area contributed by atoms with E-state index in [1.807, 2.05) is 0 Å². The van der Waals surface area contributed by atoms with E-state index in [4.69, 9.17) is 14.2 Å².